The summed E-state index contributed by atoms with van der Waals surface area (Å²) in [7, 11) is 0. The molecule has 0 N–H and O–H groups in total. The molecule has 0 aliphatic heterocycles. The van der Waals surface area contributed by atoms with Crippen molar-refractivity contribution >= 4 is 16.9 Å². The molecule has 0 aliphatic rings. The normalized spacial score (nSPS) is 11.5. The van der Waals surface area contributed by atoms with E-state index in [4.69, 9.17) is 0 Å². The fourth-order valence-corrected chi connectivity index (χ4v) is 1.42. The van der Waals surface area contributed by atoms with Gasteiger partial charge >= 0.3 is 0 Å². The second-order valence-corrected chi connectivity index (χ2v) is 3.02. The molecule has 0 fully saturated rings. The summed E-state index contributed by atoms with van der Waals surface area (Å²) in [4.78, 5) is 10.5. The van der Waals surface area contributed by atoms with Crippen molar-refractivity contribution in [3.8, 4) is 0 Å². The van der Waals surface area contributed by atoms with Gasteiger partial charge in [0.15, 0.2) is 0 Å². The van der Waals surface area contributed by atoms with Gasteiger partial charge in [-0.3, -0.25) is 10.1 Å². The van der Waals surface area contributed by atoms with Crippen LogP contribution in [0, 0.1) is 10.1 Å². The molecule has 0 atom stereocenters. The lowest BCUT2D eigenvalue weighted by atomic mass is 10.3. The Hall–Kier alpha value is -1.16. The highest BCUT2D eigenvalue weighted by Crippen LogP contribution is 2.18. The molecule has 0 saturated heterocycles. The lowest BCUT2D eigenvalue weighted by Gasteiger charge is -1.89. The molecule has 0 unspecified atom stereocenters. The molecule has 4 heteroatoms. The smallest absolute Gasteiger partial charge is 0.238 e. The summed E-state index contributed by atoms with van der Waals surface area (Å²) in [6.07, 6.45) is 1.02. The summed E-state index contributed by atoms with van der Waals surface area (Å²) in [5.74, 6) is 0. The van der Waals surface area contributed by atoms with E-state index >= 15 is 0 Å². The Balaban J connectivity index is 2.86. The number of hydrogen-bond donors (Lipinski definition) is 0. The van der Waals surface area contributed by atoms with E-state index in [1.165, 1.54) is 11.3 Å². The number of allylic oxidation sites excluding steroid dienone is 1. The predicted molar refractivity (Wildman–Crippen MR) is 45.0 cm³/mol. The van der Waals surface area contributed by atoms with Gasteiger partial charge in [-0.05, 0) is 18.4 Å². The van der Waals surface area contributed by atoms with Gasteiger partial charge in [0.2, 0.25) is 6.20 Å². The second-order valence-electron chi connectivity index (χ2n) is 2.07. The van der Waals surface area contributed by atoms with Crippen LogP contribution < -0.4 is 0 Å². The van der Waals surface area contributed by atoms with Gasteiger partial charge in [-0.25, -0.2) is 0 Å². The van der Waals surface area contributed by atoms with E-state index in [0.29, 0.717) is 5.57 Å². The lowest BCUT2D eigenvalue weighted by molar-refractivity contribution is -0.401. The Morgan fingerprint density at radius 1 is 1.82 bits per heavy atom. The highest BCUT2D eigenvalue weighted by molar-refractivity contribution is 7.11. The maximum Gasteiger partial charge on any atom is 0.238 e. The van der Waals surface area contributed by atoms with Gasteiger partial charge in [0.1, 0.15) is 0 Å². The summed E-state index contributed by atoms with van der Waals surface area (Å²) in [6, 6.07) is 3.73. The van der Waals surface area contributed by atoms with E-state index in [0.717, 1.165) is 11.1 Å². The van der Waals surface area contributed by atoms with E-state index in [2.05, 4.69) is 0 Å². The zero-order chi connectivity index (χ0) is 8.27. The minimum absolute atomic E-state index is 0.435. The second kappa shape index (κ2) is 3.30. The van der Waals surface area contributed by atoms with E-state index in [1.807, 2.05) is 17.5 Å². The molecule has 1 heterocycles. The Kier molecular flexibility index (Phi) is 2.38. The molecule has 3 nitrogen and oxygen atoms in total. The van der Waals surface area contributed by atoms with E-state index < -0.39 is 4.92 Å². The van der Waals surface area contributed by atoms with Crippen LogP contribution in [0.3, 0.4) is 0 Å². The van der Waals surface area contributed by atoms with Crippen LogP contribution in [0.2, 0.25) is 0 Å². The standard InChI is InChI=1S/C7H7NO2S/c1-6(5-8(9)10)7-3-2-4-11-7/h2-5H,1H3. The molecule has 0 amide bonds. The third-order valence-corrected chi connectivity index (χ3v) is 2.21. The number of thiophene rings is 1. The van der Waals surface area contributed by atoms with Gasteiger partial charge in [-0.2, -0.15) is 0 Å². The summed E-state index contributed by atoms with van der Waals surface area (Å²) >= 11 is 1.50. The van der Waals surface area contributed by atoms with E-state index in [-0.39, 0.29) is 0 Å². The summed E-state index contributed by atoms with van der Waals surface area (Å²) in [5, 5.41) is 11.9. The van der Waals surface area contributed by atoms with Crippen LogP contribution in [0.15, 0.2) is 23.7 Å². The summed E-state index contributed by atoms with van der Waals surface area (Å²) in [5.41, 5.74) is 0.699. The minimum atomic E-state index is -0.435. The zero-order valence-corrected chi connectivity index (χ0v) is 6.80. The maximum absolute atomic E-state index is 10.0. The Labute approximate surface area is 68.1 Å². The molecule has 0 saturated carbocycles. The van der Waals surface area contributed by atoms with Crippen molar-refractivity contribution in [2.45, 2.75) is 6.92 Å². The van der Waals surface area contributed by atoms with Crippen LogP contribution in [0.4, 0.5) is 0 Å². The summed E-state index contributed by atoms with van der Waals surface area (Å²) < 4.78 is 0. The zero-order valence-electron chi connectivity index (χ0n) is 5.98. The monoisotopic (exact) mass is 169 g/mol. The van der Waals surface area contributed by atoms with Crippen molar-refractivity contribution in [2.75, 3.05) is 0 Å². The minimum Gasteiger partial charge on any atom is -0.259 e. The average molecular weight is 169 g/mol. The van der Waals surface area contributed by atoms with Crippen molar-refractivity contribution < 1.29 is 4.92 Å². The Morgan fingerprint density at radius 2 is 2.55 bits per heavy atom. The van der Waals surface area contributed by atoms with Crippen molar-refractivity contribution in [2.24, 2.45) is 0 Å². The number of nitrogens with zero attached hydrogens (tertiary/aromatic N) is 1. The molecular formula is C7H7NO2S. The first-order valence-corrected chi connectivity index (χ1v) is 3.94. The molecule has 0 aliphatic carbocycles. The van der Waals surface area contributed by atoms with E-state index in [9.17, 15) is 10.1 Å². The van der Waals surface area contributed by atoms with Crippen LogP contribution in [0.5, 0.6) is 0 Å². The lowest BCUT2D eigenvalue weighted by Crippen LogP contribution is -1.85. The highest BCUT2D eigenvalue weighted by atomic mass is 32.1. The molecule has 0 spiro atoms. The fraction of sp³-hybridized carbons (Fsp3) is 0.143. The van der Waals surface area contributed by atoms with Crippen molar-refractivity contribution in [3.05, 3.63) is 38.7 Å². The summed E-state index contributed by atoms with van der Waals surface area (Å²) in [6.45, 7) is 1.73. The van der Waals surface area contributed by atoms with Gasteiger partial charge in [-0.1, -0.05) is 6.07 Å². The Bertz CT molecular complexity index is 277. The Morgan fingerprint density at radius 3 is 3.00 bits per heavy atom. The van der Waals surface area contributed by atoms with Crippen LogP contribution >= 0.6 is 11.3 Å². The third-order valence-electron chi connectivity index (χ3n) is 1.21. The number of hydrogen-bond acceptors (Lipinski definition) is 3. The number of nitro groups is 1. The first kappa shape index (κ1) is 7.94. The molecule has 0 radical (unpaired) electrons. The molecular weight excluding hydrogens is 162 g/mol. The van der Waals surface area contributed by atoms with Gasteiger partial charge in [0, 0.05) is 10.5 Å². The van der Waals surface area contributed by atoms with Crippen LogP contribution in [-0.2, 0) is 0 Å². The first-order chi connectivity index (χ1) is 5.20. The SMILES string of the molecule is CC(=C[N+](=O)[O-])c1cccs1. The van der Waals surface area contributed by atoms with E-state index in [1.54, 1.807) is 6.92 Å². The van der Waals surface area contributed by atoms with Gasteiger partial charge in [-0.15, -0.1) is 11.3 Å². The molecule has 0 aromatic carbocycles. The largest absolute Gasteiger partial charge is 0.259 e. The quantitative estimate of drug-likeness (QED) is 0.504. The van der Waals surface area contributed by atoms with Crippen LogP contribution in [0.25, 0.3) is 5.57 Å². The average Bonchev–Trinajstić information content (AvgIpc) is 2.35. The van der Waals surface area contributed by atoms with Gasteiger partial charge in [0.25, 0.3) is 0 Å². The highest BCUT2D eigenvalue weighted by Gasteiger charge is 1.99. The molecule has 1 aromatic heterocycles. The molecule has 58 valence electrons. The van der Waals surface area contributed by atoms with Gasteiger partial charge < -0.3 is 0 Å². The molecule has 0 bridgehead atoms. The maximum atomic E-state index is 10.0. The number of rotatable bonds is 2. The van der Waals surface area contributed by atoms with Crippen molar-refractivity contribution in [3.63, 3.8) is 0 Å². The molecule has 1 rings (SSSR count). The first-order valence-electron chi connectivity index (χ1n) is 3.06. The van der Waals surface area contributed by atoms with Crippen molar-refractivity contribution in [1.82, 2.24) is 0 Å². The van der Waals surface area contributed by atoms with Crippen LogP contribution in [-0.4, -0.2) is 4.92 Å². The molecule has 1 aromatic rings. The van der Waals surface area contributed by atoms with Gasteiger partial charge in [0.05, 0.1) is 4.92 Å². The van der Waals surface area contributed by atoms with Crippen LogP contribution in [0.1, 0.15) is 11.8 Å². The van der Waals surface area contributed by atoms with Crippen molar-refractivity contribution in [1.29, 1.82) is 0 Å². The fourth-order valence-electron chi connectivity index (χ4n) is 0.725. The predicted octanol–water partition coefficient (Wildman–Crippen LogP) is 2.39. The molecule has 11 heavy (non-hydrogen) atoms. The topological polar surface area (TPSA) is 43.1 Å². The third kappa shape index (κ3) is 2.16.